The maximum atomic E-state index is 14.0. The maximum absolute atomic E-state index is 14.0. The normalized spacial score (nSPS) is 23.3. The molecule has 2 saturated heterocycles. The van der Waals surface area contributed by atoms with Gasteiger partial charge in [0.1, 0.15) is 62.0 Å². The largest absolute Gasteiger partial charge is 0.463 e. The quantitative estimate of drug-likeness (QED) is 0.0209. The summed E-state index contributed by atoms with van der Waals surface area (Å²) in [5.41, 5.74) is 0. The lowest BCUT2D eigenvalue weighted by Gasteiger charge is -2.44. The molecule has 0 bridgehead atoms. The number of hydrogen-bond acceptors (Lipinski definition) is 15. The van der Waals surface area contributed by atoms with Gasteiger partial charge in [0.15, 0.2) is 12.6 Å². The van der Waals surface area contributed by atoms with E-state index in [0.29, 0.717) is 25.7 Å². The van der Waals surface area contributed by atoms with Gasteiger partial charge >= 0.3 is 11.9 Å². The van der Waals surface area contributed by atoms with Crippen LogP contribution in [0.2, 0.25) is 0 Å². The number of rotatable bonds is 64. The first-order chi connectivity index (χ1) is 44.3. The number of aliphatic hydroxyl groups is 8. The van der Waals surface area contributed by atoms with E-state index >= 15 is 0 Å². The van der Waals surface area contributed by atoms with Crippen LogP contribution in [0, 0.1) is 11.8 Å². The molecule has 2 aliphatic rings. The van der Waals surface area contributed by atoms with Crippen LogP contribution in [0.4, 0.5) is 0 Å². The smallest absolute Gasteiger partial charge is 0.311 e. The van der Waals surface area contributed by atoms with E-state index < -0.39 is 111 Å². The van der Waals surface area contributed by atoms with Gasteiger partial charge in [-0.05, 0) is 25.7 Å². The molecule has 4 unspecified atom stereocenters. The summed E-state index contributed by atoms with van der Waals surface area (Å²) in [7, 11) is 0. The number of hydrogen-bond donors (Lipinski definition) is 8. The predicted molar refractivity (Wildman–Crippen MR) is 367 cm³/mol. The number of ether oxygens (including phenoxy) is 5. The summed E-state index contributed by atoms with van der Waals surface area (Å²) < 4.78 is 29.3. The van der Waals surface area contributed by atoms with Gasteiger partial charge in [-0.1, -0.05) is 349 Å². The summed E-state index contributed by atoms with van der Waals surface area (Å²) in [6, 6.07) is 0. The minimum atomic E-state index is -1.89. The van der Waals surface area contributed by atoms with Crippen molar-refractivity contribution in [1.29, 1.82) is 0 Å². The lowest BCUT2D eigenvalue weighted by atomic mass is 9.91. The minimum Gasteiger partial charge on any atom is -0.463 e. The highest BCUT2D eigenvalue weighted by Gasteiger charge is 2.50. The van der Waals surface area contributed by atoms with Crippen LogP contribution in [-0.4, -0.2) is 140 Å². The molecule has 0 saturated carbocycles. The van der Waals surface area contributed by atoms with Crippen LogP contribution in [0.1, 0.15) is 374 Å². The highest BCUT2D eigenvalue weighted by atomic mass is 16.8. The SMILES string of the molecule is CCCCCCCCCCCCCCC[C@@H](O)[C@@H](CCCCCCCCCCCCCC)C(=O)OCC1O[C@@H](O[C@@H]2OC(COC(=O)[C@H](CCCCCCCCCCCCCC)[C@H](O)CCCCCCCCCCCCCCC)[C@H](O)[C@H](O)C2O)C(O)[C@@H](O)[C@H]1O. The van der Waals surface area contributed by atoms with Crippen molar-refractivity contribution in [2.24, 2.45) is 11.8 Å². The molecular weight excluding hydrogens is 1150 g/mol. The second-order valence-corrected chi connectivity index (χ2v) is 28.2. The van der Waals surface area contributed by atoms with Crippen LogP contribution < -0.4 is 0 Å². The van der Waals surface area contributed by atoms with Crippen molar-refractivity contribution in [2.75, 3.05) is 13.2 Å². The molecule has 2 rings (SSSR count). The molecule has 0 aliphatic carbocycles. The molecule has 540 valence electrons. The lowest BCUT2D eigenvalue weighted by Crippen LogP contribution is -2.64. The van der Waals surface area contributed by atoms with Gasteiger partial charge in [-0.15, -0.1) is 0 Å². The molecule has 0 aromatic carbocycles. The van der Waals surface area contributed by atoms with E-state index in [-0.39, 0.29) is 0 Å². The first kappa shape index (κ1) is 85.6. The van der Waals surface area contributed by atoms with E-state index in [0.717, 1.165) is 103 Å². The van der Waals surface area contributed by atoms with Gasteiger partial charge < -0.3 is 64.5 Å². The molecule has 14 atom stereocenters. The second-order valence-electron chi connectivity index (χ2n) is 28.2. The Balaban J connectivity index is 2.03. The fourth-order valence-corrected chi connectivity index (χ4v) is 13.5. The van der Waals surface area contributed by atoms with Crippen LogP contribution in [-0.2, 0) is 33.3 Å². The van der Waals surface area contributed by atoms with Gasteiger partial charge in [0.05, 0.1) is 24.0 Å². The zero-order chi connectivity index (χ0) is 66.4. The van der Waals surface area contributed by atoms with E-state index in [1.807, 2.05) is 0 Å². The Morgan fingerprint density at radius 3 is 0.703 bits per heavy atom. The van der Waals surface area contributed by atoms with Crippen molar-refractivity contribution in [3.8, 4) is 0 Å². The van der Waals surface area contributed by atoms with Gasteiger partial charge in [-0.3, -0.25) is 9.59 Å². The molecule has 15 heteroatoms. The Kier molecular flexibility index (Phi) is 55.1. The number of esters is 2. The number of unbranched alkanes of at least 4 members (excludes halogenated alkanes) is 46. The molecule has 0 aromatic heterocycles. The number of aliphatic hydroxyl groups excluding tert-OH is 8. The van der Waals surface area contributed by atoms with Gasteiger partial charge in [0.2, 0.25) is 0 Å². The second kappa shape index (κ2) is 58.6. The van der Waals surface area contributed by atoms with Crippen LogP contribution in [0.5, 0.6) is 0 Å². The van der Waals surface area contributed by atoms with E-state index in [2.05, 4.69) is 27.7 Å². The Hall–Kier alpha value is -1.50. The van der Waals surface area contributed by atoms with E-state index in [9.17, 15) is 50.4 Å². The zero-order valence-electron chi connectivity index (χ0n) is 59.1. The molecule has 0 amide bonds. The summed E-state index contributed by atoms with van der Waals surface area (Å²) in [6.07, 6.45) is 41.7. The number of carbonyl (C=O) groups excluding carboxylic acids is 2. The third kappa shape index (κ3) is 41.4. The summed E-state index contributed by atoms with van der Waals surface area (Å²) in [5.74, 6) is -2.93. The summed E-state index contributed by atoms with van der Waals surface area (Å²) >= 11 is 0. The molecule has 15 nitrogen and oxygen atoms in total. The number of carbonyl (C=O) groups is 2. The molecular formula is C76H146O15. The molecule has 2 aliphatic heterocycles. The van der Waals surface area contributed by atoms with Crippen molar-refractivity contribution in [3.05, 3.63) is 0 Å². The maximum Gasteiger partial charge on any atom is 0.311 e. The summed E-state index contributed by atoms with van der Waals surface area (Å²) in [5, 5.41) is 89.7. The van der Waals surface area contributed by atoms with Gasteiger partial charge in [0.25, 0.3) is 0 Å². The highest BCUT2D eigenvalue weighted by molar-refractivity contribution is 5.73. The summed E-state index contributed by atoms with van der Waals surface area (Å²) in [6.45, 7) is 7.86. The fourth-order valence-electron chi connectivity index (χ4n) is 13.5. The van der Waals surface area contributed by atoms with Crippen molar-refractivity contribution in [3.63, 3.8) is 0 Å². The highest BCUT2D eigenvalue weighted by Crippen LogP contribution is 2.31. The van der Waals surface area contributed by atoms with Crippen molar-refractivity contribution < 1.29 is 74.1 Å². The minimum absolute atomic E-state index is 0.429. The molecule has 2 heterocycles. The molecule has 91 heavy (non-hydrogen) atoms. The van der Waals surface area contributed by atoms with Crippen molar-refractivity contribution in [2.45, 2.75) is 448 Å². The fraction of sp³-hybridized carbons (Fsp3) is 0.974. The lowest BCUT2D eigenvalue weighted by molar-refractivity contribution is -0.376. The van der Waals surface area contributed by atoms with Crippen LogP contribution in [0.15, 0.2) is 0 Å². The Morgan fingerprint density at radius 2 is 0.484 bits per heavy atom. The van der Waals surface area contributed by atoms with Crippen molar-refractivity contribution in [1.82, 2.24) is 0 Å². The van der Waals surface area contributed by atoms with Crippen LogP contribution in [0.3, 0.4) is 0 Å². The topological polar surface area (TPSA) is 242 Å². The molecule has 0 spiro atoms. The standard InChI is InChI=1S/C76H146O15/c1-5-9-13-17-21-25-29-33-37-41-45-49-53-57-63(77)61(55-51-47-43-39-35-31-27-23-19-15-11-7-3)73(85)87-59-65-67(79)69(81)71(83)75(89-65)91-76-72(84)70(82)68(80)66(90-76)60-88-74(86)62(56-52-48-44-40-36-32-28-24-20-16-12-8-4)64(78)58-54-50-46-42-38-34-30-26-22-18-14-10-6-2/h61-72,75-84H,5-60H2,1-4H3/t61-,62-,63-,64-,65?,66?,67+,68+,69+,70+,71?,72?,75+,76+/m1/s1. The molecule has 0 aromatic rings. The zero-order valence-corrected chi connectivity index (χ0v) is 59.1. The Morgan fingerprint density at radius 1 is 0.286 bits per heavy atom. The van der Waals surface area contributed by atoms with Gasteiger partial charge in [-0.25, -0.2) is 0 Å². The average molecular weight is 1300 g/mol. The van der Waals surface area contributed by atoms with E-state index in [4.69, 9.17) is 23.7 Å². The third-order valence-corrected chi connectivity index (χ3v) is 19.9. The molecule has 2 fully saturated rings. The van der Waals surface area contributed by atoms with Crippen LogP contribution >= 0.6 is 0 Å². The predicted octanol–water partition coefficient (Wildman–Crippen LogP) is 16.8. The van der Waals surface area contributed by atoms with E-state index in [1.54, 1.807) is 0 Å². The molecule has 8 N–H and O–H groups in total. The van der Waals surface area contributed by atoms with Gasteiger partial charge in [0, 0.05) is 0 Å². The third-order valence-electron chi connectivity index (χ3n) is 19.9. The summed E-state index contributed by atoms with van der Waals surface area (Å²) in [4.78, 5) is 27.9. The average Bonchev–Trinajstić information content (AvgIpc) is 1.06. The monoisotopic (exact) mass is 1300 g/mol. The van der Waals surface area contributed by atoms with Gasteiger partial charge in [-0.2, -0.15) is 0 Å². The van der Waals surface area contributed by atoms with E-state index in [1.165, 1.54) is 218 Å². The van der Waals surface area contributed by atoms with Crippen LogP contribution in [0.25, 0.3) is 0 Å². The first-order valence-corrected chi connectivity index (χ1v) is 39.1. The van der Waals surface area contributed by atoms with Crippen molar-refractivity contribution >= 4 is 11.9 Å². The Labute approximate surface area is 556 Å². The Bertz CT molecular complexity index is 1510. The first-order valence-electron chi connectivity index (χ1n) is 39.1. The molecule has 0 radical (unpaired) electrons.